The Bertz CT molecular complexity index is 976. The summed E-state index contributed by atoms with van der Waals surface area (Å²) < 4.78 is 25.8. The van der Waals surface area contributed by atoms with E-state index in [-0.39, 0.29) is 11.2 Å². The molecule has 0 atom stereocenters. The molecule has 30 heavy (non-hydrogen) atoms. The van der Waals surface area contributed by atoms with E-state index >= 15 is 0 Å². The van der Waals surface area contributed by atoms with E-state index in [1.54, 1.807) is 24.3 Å². The molecule has 0 saturated heterocycles. The third kappa shape index (κ3) is 5.58. The van der Waals surface area contributed by atoms with Crippen molar-refractivity contribution in [2.24, 2.45) is 0 Å². The first-order valence-corrected chi connectivity index (χ1v) is 10.3. The Morgan fingerprint density at radius 1 is 0.967 bits per heavy atom. The molecule has 156 valence electrons. The molecule has 3 rings (SSSR count). The fraction of sp³-hybridized carbons (Fsp3) is 0.259. The van der Waals surface area contributed by atoms with Crippen LogP contribution < -0.4 is 4.74 Å². The number of rotatable bonds is 9. The van der Waals surface area contributed by atoms with E-state index in [1.807, 2.05) is 18.2 Å². The molecular weight excluding hydrogens is 375 g/mol. The van der Waals surface area contributed by atoms with Crippen molar-refractivity contribution in [2.45, 2.75) is 39.2 Å². The Balaban J connectivity index is 1.61. The smallest absolute Gasteiger partial charge is 0.165 e. The van der Waals surface area contributed by atoms with Crippen LogP contribution in [0.1, 0.15) is 43.9 Å². The van der Waals surface area contributed by atoms with E-state index in [0.29, 0.717) is 19.0 Å². The van der Waals surface area contributed by atoms with Gasteiger partial charge in [0.1, 0.15) is 5.75 Å². The van der Waals surface area contributed by atoms with Crippen molar-refractivity contribution in [2.75, 3.05) is 6.61 Å². The van der Waals surface area contributed by atoms with Gasteiger partial charge in [0.25, 0.3) is 0 Å². The van der Waals surface area contributed by atoms with E-state index in [9.17, 15) is 4.39 Å². The van der Waals surface area contributed by atoms with E-state index < -0.39 is 5.82 Å². The van der Waals surface area contributed by atoms with Crippen LogP contribution in [0.25, 0.3) is 5.57 Å². The van der Waals surface area contributed by atoms with Gasteiger partial charge < -0.3 is 9.47 Å². The van der Waals surface area contributed by atoms with Crippen molar-refractivity contribution < 1.29 is 13.9 Å². The minimum atomic E-state index is -0.392. The number of hydrogen-bond donors (Lipinski definition) is 0. The first-order chi connectivity index (χ1) is 14.4. The average Bonchev–Trinajstić information content (AvgIpc) is 2.76. The minimum absolute atomic E-state index is 0.143. The molecular formula is C27H29FO2. The molecule has 0 fully saturated rings. The van der Waals surface area contributed by atoms with Gasteiger partial charge in [-0.3, -0.25) is 0 Å². The summed E-state index contributed by atoms with van der Waals surface area (Å²) in [5, 5.41) is 0. The van der Waals surface area contributed by atoms with Crippen LogP contribution in [-0.4, -0.2) is 6.61 Å². The van der Waals surface area contributed by atoms with Gasteiger partial charge in [0.15, 0.2) is 11.6 Å². The van der Waals surface area contributed by atoms with Crippen molar-refractivity contribution in [3.8, 4) is 11.5 Å². The molecule has 0 heterocycles. The highest BCUT2D eigenvalue weighted by Crippen LogP contribution is 2.28. The van der Waals surface area contributed by atoms with E-state index in [0.717, 1.165) is 17.6 Å². The normalized spacial score (nSPS) is 11.3. The number of allylic oxidation sites excluding steroid dienone is 1. The molecule has 0 aliphatic heterocycles. The highest BCUT2D eigenvalue weighted by Gasteiger charge is 2.21. The maximum Gasteiger partial charge on any atom is 0.165 e. The molecule has 0 aliphatic carbocycles. The zero-order valence-electron chi connectivity index (χ0n) is 18.0. The molecule has 0 aliphatic rings. The second kappa shape index (κ2) is 9.73. The Hall–Kier alpha value is -2.91. The molecule has 2 nitrogen and oxygen atoms in total. The highest BCUT2D eigenvalue weighted by molar-refractivity contribution is 5.63. The van der Waals surface area contributed by atoms with E-state index in [2.05, 4.69) is 51.6 Å². The second-order valence-corrected chi connectivity index (χ2v) is 8.09. The zero-order chi connectivity index (χ0) is 21.6. The Kier molecular flexibility index (Phi) is 7.07. The van der Waals surface area contributed by atoms with Crippen LogP contribution >= 0.6 is 0 Å². The molecule has 0 radical (unpaired) electrons. The number of hydrogen-bond acceptors (Lipinski definition) is 2. The molecule has 0 spiro atoms. The van der Waals surface area contributed by atoms with Crippen molar-refractivity contribution >= 4 is 5.57 Å². The van der Waals surface area contributed by atoms with Gasteiger partial charge in [-0.05, 0) is 52.9 Å². The predicted octanol–water partition coefficient (Wildman–Crippen LogP) is 7.54. The van der Waals surface area contributed by atoms with Crippen molar-refractivity contribution in [1.82, 2.24) is 0 Å². The fourth-order valence-electron chi connectivity index (χ4n) is 3.20. The van der Waals surface area contributed by atoms with Crippen LogP contribution in [0.2, 0.25) is 0 Å². The summed E-state index contributed by atoms with van der Waals surface area (Å²) in [5.74, 6) is 0.412. The van der Waals surface area contributed by atoms with E-state index in [1.165, 1.54) is 17.2 Å². The summed E-state index contributed by atoms with van der Waals surface area (Å²) in [5.41, 5.74) is 4.25. The van der Waals surface area contributed by atoms with Gasteiger partial charge in [0, 0.05) is 5.41 Å². The van der Waals surface area contributed by atoms with Crippen molar-refractivity contribution in [3.63, 3.8) is 0 Å². The summed E-state index contributed by atoms with van der Waals surface area (Å²) in [6, 6.07) is 22.6. The molecule has 0 saturated carbocycles. The standard InChI is InChI=1S/C27H29FO2/c1-5-20(2)22-12-14-23(15-13-22)27(3,4)19-29-18-21-11-16-25(28)26(17-21)30-24-9-7-6-8-10-24/h6-17H,2,5,18-19H2,1,3-4H3. The largest absolute Gasteiger partial charge is 0.454 e. The van der Waals surface area contributed by atoms with Gasteiger partial charge in [0.2, 0.25) is 0 Å². The van der Waals surface area contributed by atoms with Gasteiger partial charge in [-0.2, -0.15) is 0 Å². The van der Waals surface area contributed by atoms with Gasteiger partial charge in [0.05, 0.1) is 13.2 Å². The zero-order valence-corrected chi connectivity index (χ0v) is 18.0. The lowest BCUT2D eigenvalue weighted by atomic mass is 9.84. The summed E-state index contributed by atoms with van der Waals surface area (Å²) in [6.45, 7) is 11.5. The van der Waals surface area contributed by atoms with Crippen LogP contribution in [-0.2, 0) is 16.8 Å². The quantitative estimate of drug-likeness (QED) is 0.367. The topological polar surface area (TPSA) is 18.5 Å². The van der Waals surface area contributed by atoms with Crippen LogP contribution in [0.15, 0.2) is 79.4 Å². The highest BCUT2D eigenvalue weighted by atomic mass is 19.1. The van der Waals surface area contributed by atoms with Crippen molar-refractivity contribution in [3.05, 3.63) is 102 Å². The molecule has 3 aromatic rings. The van der Waals surface area contributed by atoms with Crippen LogP contribution in [0.4, 0.5) is 4.39 Å². The van der Waals surface area contributed by atoms with Crippen LogP contribution in [0.3, 0.4) is 0 Å². The van der Waals surface area contributed by atoms with Gasteiger partial charge in [-0.1, -0.05) is 75.9 Å². The number of benzene rings is 3. The van der Waals surface area contributed by atoms with Gasteiger partial charge in [-0.15, -0.1) is 0 Å². The summed E-state index contributed by atoms with van der Waals surface area (Å²) in [6.07, 6.45) is 0.944. The molecule has 3 heteroatoms. The fourth-order valence-corrected chi connectivity index (χ4v) is 3.20. The molecule has 3 aromatic carbocycles. The Morgan fingerprint density at radius 2 is 1.67 bits per heavy atom. The van der Waals surface area contributed by atoms with Gasteiger partial charge in [-0.25, -0.2) is 4.39 Å². The molecule has 0 amide bonds. The van der Waals surface area contributed by atoms with Crippen molar-refractivity contribution in [1.29, 1.82) is 0 Å². The molecule has 0 unspecified atom stereocenters. The first kappa shape index (κ1) is 21.8. The third-order valence-electron chi connectivity index (χ3n) is 5.20. The lowest BCUT2D eigenvalue weighted by Gasteiger charge is -2.25. The van der Waals surface area contributed by atoms with Crippen LogP contribution in [0, 0.1) is 5.82 Å². The Labute approximate surface area is 179 Å². The Morgan fingerprint density at radius 3 is 2.33 bits per heavy atom. The summed E-state index contributed by atoms with van der Waals surface area (Å²) in [7, 11) is 0. The molecule has 0 aromatic heterocycles. The SMILES string of the molecule is C=C(CC)c1ccc(C(C)(C)COCc2ccc(F)c(Oc3ccccc3)c2)cc1. The lowest BCUT2D eigenvalue weighted by Crippen LogP contribution is -2.24. The average molecular weight is 405 g/mol. The second-order valence-electron chi connectivity index (χ2n) is 8.09. The predicted molar refractivity (Wildman–Crippen MR) is 121 cm³/mol. The summed E-state index contributed by atoms with van der Waals surface area (Å²) >= 11 is 0. The maximum absolute atomic E-state index is 14.1. The minimum Gasteiger partial charge on any atom is -0.454 e. The molecule has 0 bridgehead atoms. The van der Waals surface area contributed by atoms with Gasteiger partial charge >= 0.3 is 0 Å². The molecule has 0 N–H and O–H groups in total. The first-order valence-electron chi connectivity index (χ1n) is 10.3. The van der Waals surface area contributed by atoms with E-state index in [4.69, 9.17) is 9.47 Å². The van der Waals surface area contributed by atoms with Crippen LogP contribution in [0.5, 0.6) is 11.5 Å². The monoisotopic (exact) mass is 404 g/mol. The summed E-state index contributed by atoms with van der Waals surface area (Å²) in [4.78, 5) is 0. The number of para-hydroxylation sites is 1. The maximum atomic E-state index is 14.1. The third-order valence-corrected chi connectivity index (χ3v) is 5.20. The lowest BCUT2D eigenvalue weighted by molar-refractivity contribution is 0.0823. The number of ether oxygens (including phenoxy) is 2. The number of halogens is 1.